The van der Waals surface area contributed by atoms with E-state index in [2.05, 4.69) is 22.9 Å². The van der Waals surface area contributed by atoms with E-state index in [0.717, 1.165) is 44.9 Å². The van der Waals surface area contributed by atoms with Crippen LogP contribution < -0.4 is 0 Å². The number of aliphatic hydroxyl groups excluding tert-OH is 4. The Morgan fingerprint density at radius 3 is 1.84 bits per heavy atom. The van der Waals surface area contributed by atoms with Crippen molar-refractivity contribution >= 4 is 27.6 Å². The molecular formula is C40H74O16P2. The van der Waals surface area contributed by atoms with Crippen LogP contribution in [0.15, 0.2) is 24.3 Å². The molecule has 0 bridgehead atoms. The highest BCUT2D eigenvalue weighted by atomic mass is 31.2. The maximum Gasteiger partial charge on any atom is 0.472 e. The number of esters is 2. The lowest BCUT2D eigenvalue weighted by molar-refractivity contribution is -0.160. The second-order valence-corrected chi connectivity index (χ2v) is 18.0. The Balaban J connectivity index is 2.64. The molecule has 1 rings (SSSR count). The minimum atomic E-state index is -4.90. The average Bonchev–Trinajstić information content (AvgIpc) is 3.44. The number of ether oxygens (including phenoxy) is 2. The molecule has 1 fully saturated rings. The lowest BCUT2D eigenvalue weighted by Gasteiger charge is -2.20. The number of carbonyl (C=O) groups is 2. The topological polar surface area (TPSA) is 256 Å². The van der Waals surface area contributed by atoms with Crippen LogP contribution in [-0.4, -0.2) is 104 Å². The molecular weight excluding hydrogens is 798 g/mol. The first-order valence-corrected chi connectivity index (χ1v) is 24.3. The number of unbranched alkanes of at least 4 members (excludes halogenated alkanes) is 14. The lowest BCUT2D eigenvalue weighted by atomic mass is 9.89. The van der Waals surface area contributed by atoms with Crippen molar-refractivity contribution in [3.8, 4) is 0 Å². The van der Waals surface area contributed by atoms with Crippen molar-refractivity contribution in [2.75, 3.05) is 26.4 Å². The molecule has 340 valence electrons. The van der Waals surface area contributed by atoms with Gasteiger partial charge >= 0.3 is 27.6 Å². The Hall–Kier alpha value is -1.52. The fourth-order valence-corrected chi connectivity index (χ4v) is 7.77. The first-order chi connectivity index (χ1) is 27.6. The molecule has 0 aromatic carbocycles. The van der Waals surface area contributed by atoms with Gasteiger partial charge in [-0.2, -0.15) is 0 Å². The molecule has 0 saturated heterocycles. The summed E-state index contributed by atoms with van der Waals surface area (Å²) in [5.74, 6) is -2.02. The quantitative estimate of drug-likeness (QED) is 0.0149. The first-order valence-electron chi connectivity index (χ1n) is 21.3. The third-order valence-electron chi connectivity index (χ3n) is 9.94. The van der Waals surface area contributed by atoms with Crippen molar-refractivity contribution in [3.05, 3.63) is 24.3 Å². The molecule has 0 radical (unpaired) electrons. The van der Waals surface area contributed by atoms with Gasteiger partial charge in [-0.3, -0.25) is 23.2 Å². The van der Waals surface area contributed by atoms with E-state index in [1.807, 2.05) is 0 Å². The molecule has 7 N–H and O–H groups in total. The molecule has 18 heteroatoms. The van der Waals surface area contributed by atoms with Crippen LogP contribution in [0, 0.1) is 11.8 Å². The van der Waals surface area contributed by atoms with Gasteiger partial charge in [0, 0.05) is 18.8 Å². The van der Waals surface area contributed by atoms with Crippen LogP contribution in [0.25, 0.3) is 0 Å². The molecule has 1 unspecified atom stereocenters. The Labute approximate surface area is 345 Å². The highest BCUT2D eigenvalue weighted by molar-refractivity contribution is 7.47. The summed E-state index contributed by atoms with van der Waals surface area (Å²) in [5.41, 5.74) is 0. The summed E-state index contributed by atoms with van der Waals surface area (Å²) in [4.78, 5) is 52.9. The fraction of sp³-hybridized carbons (Fsp3) is 0.850. The van der Waals surface area contributed by atoms with Gasteiger partial charge in [-0.05, 0) is 25.2 Å². The molecule has 8 atom stereocenters. The fourth-order valence-electron chi connectivity index (χ4n) is 6.61. The standard InChI is InChI=1S/C40H74O16P2/c1-3-5-7-8-9-10-11-12-13-14-15-16-18-24-40(46)56-34(31-55-58(50,51)54-29-33(42)28-53-57(47,48)49)30-52-39(45)23-20-19-22-35-36(38(44)27-37(35)43)26-25-32(41)21-17-6-4-2/h19-20,25-26,32-38,41-44H,3-18,21-24,27-31H2,1-2H3,(H,50,51)(H2,47,48,49)/b20-19-,26-25+/t32-,33+,34-,35+,36-,37+,38-/m1/s1. The molecule has 0 aromatic heterocycles. The van der Waals surface area contributed by atoms with Crippen molar-refractivity contribution in [3.63, 3.8) is 0 Å². The van der Waals surface area contributed by atoms with Gasteiger partial charge in [0.1, 0.15) is 12.7 Å². The average molecular weight is 873 g/mol. The predicted octanol–water partition coefficient (Wildman–Crippen LogP) is 6.72. The van der Waals surface area contributed by atoms with E-state index in [-0.39, 0.29) is 31.1 Å². The molecule has 1 aliphatic rings. The highest BCUT2D eigenvalue weighted by Gasteiger charge is 2.39. The van der Waals surface area contributed by atoms with Gasteiger partial charge in [0.05, 0.1) is 44.6 Å². The summed E-state index contributed by atoms with van der Waals surface area (Å²) in [7, 11) is -9.78. The van der Waals surface area contributed by atoms with Crippen molar-refractivity contribution in [1.82, 2.24) is 0 Å². The normalized spacial score (nSPS) is 21.3. The smallest absolute Gasteiger partial charge is 0.461 e. The third-order valence-corrected chi connectivity index (χ3v) is 11.4. The zero-order valence-corrected chi connectivity index (χ0v) is 36.5. The second-order valence-electron chi connectivity index (χ2n) is 15.3. The number of carbonyl (C=O) groups excluding carboxylic acids is 2. The van der Waals surface area contributed by atoms with Crippen molar-refractivity contribution in [2.24, 2.45) is 11.8 Å². The summed E-state index contributed by atoms with van der Waals surface area (Å²) in [6.07, 6.45) is 20.2. The van der Waals surface area contributed by atoms with Crippen molar-refractivity contribution in [1.29, 1.82) is 0 Å². The van der Waals surface area contributed by atoms with Crippen LogP contribution in [0.4, 0.5) is 0 Å². The van der Waals surface area contributed by atoms with Crippen LogP contribution >= 0.6 is 15.6 Å². The lowest BCUT2D eigenvalue weighted by Crippen LogP contribution is -2.29. The molecule has 16 nitrogen and oxygen atoms in total. The first kappa shape index (κ1) is 54.5. The number of aliphatic hydroxyl groups is 4. The van der Waals surface area contributed by atoms with Gasteiger partial charge in [-0.15, -0.1) is 0 Å². The van der Waals surface area contributed by atoms with E-state index in [1.165, 1.54) is 51.4 Å². The Kier molecular flexibility index (Phi) is 30.3. The minimum absolute atomic E-state index is 0.0692. The number of allylic oxidation sites excluding steroid dienone is 1. The van der Waals surface area contributed by atoms with Crippen LogP contribution in [0.3, 0.4) is 0 Å². The number of hydrogen-bond donors (Lipinski definition) is 7. The minimum Gasteiger partial charge on any atom is -0.461 e. The summed E-state index contributed by atoms with van der Waals surface area (Å²) in [6, 6.07) is 0. The molecule has 0 heterocycles. The van der Waals surface area contributed by atoms with E-state index in [9.17, 15) is 44.0 Å². The van der Waals surface area contributed by atoms with Gasteiger partial charge in [0.15, 0.2) is 6.10 Å². The second kappa shape index (κ2) is 32.2. The number of rotatable bonds is 36. The van der Waals surface area contributed by atoms with E-state index in [1.54, 1.807) is 24.3 Å². The summed E-state index contributed by atoms with van der Waals surface area (Å²) in [5, 5.41) is 41.1. The van der Waals surface area contributed by atoms with Crippen molar-refractivity contribution in [2.45, 2.75) is 179 Å². The molecule has 0 aliphatic heterocycles. The third kappa shape index (κ3) is 28.9. The van der Waals surface area contributed by atoms with Crippen LogP contribution in [0.5, 0.6) is 0 Å². The molecule has 0 amide bonds. The summed E-state index contributed by atoms with van der Waals surface area (Å²) < 4.78 is 47.7. The number of hydrogen-bond acceptors (Lipinski definition) is 13. The van der Waals surface area contributed by atoms with Crippen LogP contribution in [0.1, 0.15) is 149 Å². The van der Waals surface area contributed by atoms with Crippen molar-refractivity contribution < 1.29 is 76.9 Å². The summed E-state index contributed by atoms with van der Waals surface area (Å²) in [6.45, 7) is 1.28. The number of phosphoric acid groups is 2. The van der Waals surface area contributed by atoms with Crippen LogP contribution in [-0.2, 0) is 41.8 Å². The van der Waals surface area contributed by atoms with Crippen LogP contribution in [0.2, 0.25) is 0 Å². The maximum atomic E-state index is 12.7. The Morgan fingerprint density at radius 2 is 1.24 bits per heavy atom. The van der Waals surface area contributed by atoms with Gasteiger partial charge in [-0.1, -0.05) is 134 Å². The molecule has 0 aromatic rings. The zero-order valence-electron chi connectivity index (χ0n) is 34.7. The monoisotopic (exact) mass is 872 g/mol. The number of phosphoric ester groups is 2. The SMILES string of the molecule is CCCCCCCCCCCCCCCC(=O)O[C@H](COC(=O)C/C=C\C[C@H]1[C@@H](/C=C/[C@H](O)CCCCC)[C@H](O)C[C@@H]1O)COP(=O)(O)OC[C@@H](O)COP(=O)(O)O. The molecule has 1 saturated carbocycles. The van der Waals surface area contributed by atoms with Gasteiger partial charge in [0.2, 0.25) is 0 Å². The van der Waals surface area contributed by atoms with E-state index in [0.29, 0.717) is 19.3 Å². The largest absolute Gasteiger partial charge is 0.472 e. The molecule has 1 aliphatic carbocycles. The van der Waals surface area contributed by atoms with Gasteiger partial charge in [-0.25, -0.2) is 9.13 Å². The van der Waals surface area contributed by atoms with E-state index in [4.69, 9.17) is 23.8 Å². The van der Waals surface area contributed by atoms with Gasteiger partial charge < -0.3 is 44.6 Å². The molecule has 0 spiro atoms. The Morgan fingerprint density at radius 1 is 0.690 bits per heavy atom. The molecule has 58 heavy (non-hydrogen) atoms. The van der Waals surface area contributed by atoms with Gasteiger partial charge in [0.25, 0.3) is 0 Å². The zero-order chi connectivity index (χ0) is 43.2. The van der Waals surface area contributed by atoms with E-state index >= 15 is 0 Å². The predicted molar refractivity (Wildman–Crippen MR) is 218 cm³/mol. The Bertz CT molecular complexity index is 1240. The van der Waals surface area contributed by atoms with E-state index < -0.39 is 84.5 Å². The summed E-state index contributed by atoms with van der Waals surface area (Å²) >= 11 is 0. The highest BCUT2D eigenvalue weighted by Crippen LogP contribution is 2.44. The maximum absolute atomic E-state index is 12.7.